The molecule has 3 heterocycles. The average Bonchev–Trinajstić information content (AvgIpc) is 2.93. The summed E-state index contributed by atoms with van der Waals surface area (Å²) >= 11 is 1.63. The van der Waals surface area contributed by atoms with Crippen molar-refractivity contribution in [2.45, 2.75) is 13.8 Å². The van der Waals surface area contributed by atoms with Crippen LogP contribution in [0.1, 0.15) is 21.1 Å². The van der Waals surface area contributed by atoms with Crippen molar-refractivity contribution < 1.29 is 9.90 Å². The zero-order chi connectivity index (χ0) is 13.6. The number of pyridine rings is 1. The van der Waals surface area contributed by atoms with Crippen LogP contribution in [0.4, 0.5) is 0 Å². The summed E-state index contributed by atoms with van der Waals surface area (Å²) in [6.45, 7) is 4.02. The van der Waals surface area contributed by atoms with Gasteiger partial charge in [-0.1, -0.05) is 0 Å². The van der Waals surface area contributed by atoms with Crippen LogP contribution in [0.15, 0.2) is 24.5 Å². The van der Waals surface area contributed by atoms with Crippen LogP contribution < -0.4 is 0 Å². The molecule has 96 valence electrons. The van der Waals surface area contributed by atoms with Gasteiger partial charge in [0.25, 0.3) is 0 Å². The fraction of sp³-hybridized carbons (Fsp3) is 0.154. The van der Waals surface area contributed by atoms with Crippen molar-refractivity contribution in [2.75, 3.05) is 0 Å². The normalized spacial score (nSPS) is 11.1. The summed E-state index contributed by atoms with van der Waals surface area (Å²) in [5.41, 5.74) is 2.65. The van der Waals surface area contributed by atoms with Crippen LogP contribution in [-0.2, 0) is 0 Å². The van der Waals surface area contributed by atoms with E-state index in [4.69, 9.17) is 5.11 Å². The molecule has 19 heavy (non-hydrogen) atoms. The molecule has 0 saturated carbocycles. The van der Waals surface area contributed by atoms with Gasteiger partial charge in [-0.2, -0.15) is 0 Å². The van der Waals surface area contributed by atoms with E-state index in [2.05, 4.69) is 9.97 Å². The molecule has 0 atom stereocenters. The predicted molar refractivity (Wildman–Crippen MR) is 72.7 cm³/mol. The fourth-order valence-corrected chi connectivity index (χ4v) is 2.72. The molecule has 0 aliphatic heterocycles. The lowest BCUT2D eigenvalue weighted by atomic mass is 10.3. The average molecular weight is 273 g/mol. The van der Waals surface area contributed by atoms with Gasteiger partial charge in [0.1, 0.15) is 10.7 Å². The Bertz CT molecular complexity index is 769. The summed E-state index contributed by atoms with van der Waals surface area (Å²) in [7, 11) is 0. The Labute approximate surface area is 113 Å². The number of carboxylic acid groups (broad SMARTS) is 1. The van der Waals surface area contributed by atoms with E-state index in [1.807, 2.05) is 26.1 Å². The molecule has 1 N–H and O–H groups in total. The van der Waals surface area contributed by atoms with Crippen molar-refractivity contribution in [3.05, 3.63) is 40.8 Å². The third-order valence-electron chi connectivity index (χ3n) is 2.95. The summed E-state index contributed by atoms with van der Waals surface area (Å²) in [6, 6.07) is 3.71. The number of rotatable bonds is 2. The number of carboxylic acids is 1. The van der Waals surface area contributed by atoms with Crippen LogP contribution in [0.2, 0.25) is 0 Å². The number of aryl methyl sites for hydroxylation is 2. The van der Waals surface area contributed by atoms with Gasteiger partial charge in [0.15, 0.2) is 5.69 Å². The van der Waals surface area contributed by atoms with E-state index < -0.39 is 5.97 Å². The summed E-state index contributed by atoms with van der Waals surface area (Å²) in [4.78, 5) is 20.6. The smallest absolute Gasteiger partial charge is 0.356 e. The zero-order valence-corrected chi connectivity index (χ0v) is 11.2. The number of fused-ring (bicyclic) bond motifs is 1. The van der Waals surface area contributed by atoms with E-state index in [1.165, 1.54) is 11.1 Å². The van der Waals surface area contributed by atoms with E-state index in [0.717, 1.165) is 16.3 Å². The SMILES string of the molecule is Cc1nc(-c2ccc3nc(C(=O)O)cn3c2)sc1C. The van der Waals surface area contributed by atoms with Crippen molar-refractivity contribution in [3.63, 3.8) is 0 Å². The summed E-state index contributed by atoms with van der Waals surface area (Å²) in [6.07, 6.45) is 3.36. The lowest BCUT2D eigenvalue weighted by Crippen LogP contribution is -1.94. The highest BCUT2D eigenvalue weighted by atomic mass is 32.1. The quantitative estimate of drug-likeness (QED) is 0.779. The fourth-order valence-electron chi connectivity index (χ4n) is 1.82. The molecule has 5 nitrogen and oxygen atoms in total. The molecule has 0 amide bonds. The Hall–Kier alpha value is -2.21. The van der Waals surface area contributed by atoms with Crippen molar-refractivity contribution in [2.24, 2.45) is 0 Å². The first-order valence-electron chi connectivity index (χ1n) is 5.71. The maximum Gasteiger partial charge on any atom is 0.356 e. The highest BCUT2D eigenvalue weighted by Gasteiger charge is 2.11. The minimum absolute atomic E-state index is 0.0450. The number of nitrogens with zero attached hydrogens (tertiary/aromatic N) is 3. The molecule has 3 aromatic rings. The van der Waals surface area contributed by atoms with Crippen LogP contribution in [0.25, 0.3) is 16.2 Å². The molecule has 0 aliphatic rings. The standard InChI is InChI=1S/C13H11N3O2S/c1-7-8(2)19-12(14-7)9-3-4-11-15-10(13(17)18)6-16(11)5-9/h3-6H,1-2H3,(H,17,18). The second-order valence-corrected chi connectivity index (χ2v) is 5.48. The Morgan fingerprint density at radius 1 is 1.26 bits per heavy atom. The van der Waals surface area contributed by atoms with Crippen molar-refractivity contribution in [1.82, 2.24) is 14.4 Å². The number of aromatic carboxylic acids is 1. The molecule has 0 bridgehead atoms. The lowest BCUT2D eigenvalue weighted by molar-refractivity contribution is 0.0691. The maximum atomic E-state index is 10.9. The first kappa shape index (κ1) is 11.9. The number of thiazole rings is 1. The van der Waals surface area contributed by atoms with E-state index >= 15 is 0 Å². The largest absolute Gasteiger partial charge is 0.476 e. The van der Waals surface area contributed by atoms with Gasteiger partial charge in [-0.3, -0.25) is 0 Å². The highest BCUT2D eigenvalue weighted by Crippen LogP contribution is 2.27. The topological polar surface area (TPSA) is 67.5 Å². The Balaban J connectivity index is 2.13. The van der Waals surface area contributed by atoms with Gasteiger partial charge in [-0.25, -0.2) is 14.8 Å². The molecule has 0 spiro atoms. The molecular weight excluding hydrogens is 262 g/mol. The summed E-state index contributed by atoms with van der Waals surface area (Å²) in [5, 5.41) is 9.86. The molecule has 0 radical (unpaired) electrons. The molecule has 3 rings (SSSR count). The monoisotopic (exact) mass is 273 g/mol. The van der Waals surface area contributed by atoms with Gasteiger partial charge in [0.2, 0.25) is 0 Å². The van der Waals surface area contributed by atoms with Crippen LogP contribution in [-0.4, -0.2) is 25.4 Å². The van der Waals surface area contributed by atoms with Crippen molar-refractivity contribution in [3.8, 4) is 10.6 Å². The predicted octanol–water partition coefficient (Wildman–Crippen LogP) is 2.77. The molecule has 6 heteroatoms. The third kappa shape index (κ3) is 2.00. The Morgan fingerprint density at radius 3 is 2.68 bits per heavy atom. The second-order valence-electron chi connectivity index (χ2n) is 4.28. The molecule has 0 aromatic carbocycles. The third-order valence-corrected chi connectivity index (χ3v) is 4.07. The minimum atomic E-state index is -1.02. The number of hydrogen-bond acceptors (Lipinski definition) is 4. The lowest BCUT2D eigenvalue weighted by Gasteiger charge is -1.97. The van der Waals surface area contributed by atoms with Crippen molar-refractivity contribution >= 4 is 23.0 Å². The van der Waals surface area contributed by atoms with Crippen molar-refractivity contribution in [1.29, 1.82) is 0 Å². The molecular formula is C13H11N3O2S. The molecule has 0 aliphatic carbocycles. The number of imidazole rings is 1. The van der Waals surface area contributed by atoms with Gasteiger partial charge >= 0.3 is 5.97 Å². The molecule has 0 unspecified atom stereocenters. The van der Waals surface area contributed by atoms with Gasteiger partial charge in [0, 0.05) is 22.8 Å². The van der Waals surface area contributed by atoms with Crippen LogP contribution in [0, 0.1) is 13.8 Å². The number of aromatic nitrogens is 3. The van der Waals surface area contributed by atoms with Gasteiger partial charge in [0.05, 0.1) is 5.69 Å². The van der Waals surface area contributed by atoms with Gasteiger partial charge in [-0.05, 0) is 26.0 Å². The van der Waals surface area contributed by atoms with E-state index in [1.54, 1.807) is 21.8 Å². The first-order valence-corrected chi connectivity index (χ1v) is 6.52. The van der Waals surface area contributed by atoms with Crippen LogP contribution >= 0.6 is 11.3 Å². The van der Waals surface area contributed by atoms with Gasteiger partial charge in [-0.15, -0.1) is 11.3 Å². The zero-order valence-electron chi connectivity index (χ0n) is 10.4. The Morgan fingerprint density at radius 2 is 2.05 bits per heavy atom. The summed E-state index contributed by atoms with van der Waals surface area (Å²) in [5.74, 6) is -1.02. The van der Waals surface area contributed by atoms with Crippen LogP contribution in [0.5, 0.6) is 0 Å². The summed E-state index contributed by atoms with van der Waals surface area (Å²) < 4.78 is 1.71. The van der Waals surface area contributed by atoms with E-state index in [-0.39, 0.29) is 5.69 Å². The second kappa shape index (κ2) is 4.17. The van der Waals surface area contributed by atoms with Crippen LogP contribution in [0.3, 0.4) is 0 Å². The van der Waals surface area contributed by atoms with Gasteiger partial charge < -0.3 is 9.51 Å². The molecule has 0 fully saturated rings. The number of carbonyl (C=O) groups is 1. The first-order chi connectivity index (χ1) is 9.04. The highest BCUT2D eigenvalue weighted by molar-refractivity contribution is 7.15. The molecule has 0 saturated heterocycles. The maximum absolute atomic E-state index is 10.9. The number of hydrogen-bond donors (Lipinski definition) is 1. The van der Waals surface area contributed by atoms with E-state index in [0.29, 0.717) is 5.65 Å². The Kier molecular flexibility index (Phi) is 2.60. The van der Waals surface area contributed by atoms with E-state index in [9.17, 15) is 4.79 Å². The minimum Gasteiger partial charge on any atom is -0.476 e. The molecule has 3 aromatic heterocycles.